The van der Waals surface area contributed by atoms with Gasteiger partial charge in [-0.05, 0) is 81.2 Å². The quantitative estimate of drug-likeness (QED) is 0.319. The summed E-state index contributed by atoms with van der Waals surface area (Å²) in [6.45, 7) is 28.0. The van der Waals surface area contributed by atoms with Crippen LogP contribution in [0.2, 0.25) is 0 Å². The van der Waals surface area contributed by atoms with Gasteiger partial charge in [0.1, 0.15) is 11.5 Å². The molecule has 0 fully saturated rings. The molecular weight excluding hydrogens is 496 g/mol. The van der Waals surface area contributed by atoms with E-state index in [2.05, 4.69) is 95.2 Å². The Hall–Kier alpha value is -2.49. The van der Waals surface area contributed by atoms with E-state index in [9.17, 15) is 15.0 Å². The van der Waals surface area contributed by atoms with Crippen LogP contribution >= 0.6 is 0 Å². The van der Waals surface area contributed by atoms with E-state index in [4.69, 9.17) is 4.74 Å². The highest BCUT2D eigenvalue weighted by Gasteiger charge is 2.26. The SMILES string of the molecule is CCCOC(=O)CCc1cc(C(C)(C)C)c(O)c(C(C)(C)C)c1.CCc1cc(CC(C)C)c(O)c(C(C)(C)C)c1. The average molecular weight is 555 g/mol. The van der Waals surface area contributed by atoms with Crippen molar-refractivity contribution >= 4 is 5.97 Å². The third kappa shape index (κ3) is 10.8. The summed E-state index contributed by atoms with van der Waals surface area (Å²) in [5, 5.41) is 21.1. The Balaban J connectivity index is 0.000000418. The number of ether oxygens (including phenoxy) is 1. The molecule has 226 valence electrons. The monoisotopic (exact) mass is 554 g/mol. The van der Waals surface area contributed by atoms with Crippen molar-refractivity contribution in [2.45, 2.75) is 138 Å². The molecule has 2 aromatic carbocycles. The van der Waals surface area contributed by atoms with E-state index in [0.717, 1.165) is 47.1 Å². The van der Waals surface area contributed by atoms with Crippen LogP contribution in [0.3, 0.4) is 0 Å². The maximum absolute atomic E-state index is 11.7. The molecule has 40 heavy (non-hydrogen) atoms. The standard InChI is InChI=1S/C20H32O3.C16H26O/c1-8-11-23-17(21)10-9-14-12-15(19(2,3)4)18(22)16(13-14)20(5,6)7;1-7-12-9-13(8-11(2)3)15(17)14(10-12)16(4,5)6/h12-13,22H,8-11H2,1-7H3;9-11,17H,7-8H2,1-6H3. The lowest BCUT2D eigenvalue weighted by atomic mass is 9.78. The van der Waals surface area contributed by atoms with Gasteiger partial charge < -0.3 is 14.9 Å². The van der Waals surface area contributed by atoms with Gasteiger partial charge in [0.15, 0.2) is 0 Å². The molecule has 0 aliphatic carbocycles. The molecule has 4 heteroatoms. The van der Waals surface area contributed by atoms with Crippen molar-refractivity contribution in [3.63, 3.8) is 0 Å². The van der Waals surface area contributed by atoms with Crippen LogP contribution in [0.1, 0.15) is 136 Å². The summed E-state index contributed by atoms with van der Waals surface area (Å²) < 4.78 is 5.14. The molecule has 0 atom stereocenters. The minimum Gasteiger partial charge on any atom is -0.507 e. The summed E-state index contributed by atoms with van der Waals surface area (Å²) >= 11 is 0. The zero-order chi connectivity index (χ0) is 31.1. The van der Waals surface area contributed by atoms with Crippen molar-refractivity contribution in [2.24, 2.45) is 5.92 Å². The first-order valence-corrected chi connectivity index (χ1v) is 15.1. The summed E-state index contributed by atoms with van der Waals surface area (Å²) in [4.78, 5) is 11.7. The Bertz CT molecular complexity index is 1070. The van der Waals surface area contributed by atoms with Crippen LogP contribution in [-0.4, -0.2) is 22.8 Å². The van der Waals surface area contributed by atoms with Crippen molar-refractivity contribution in [1.29, 1.82) is 0 Å². The van der Waals surface area contributed by atoms with Crippen LogP contribution in [0, 0.1) is 5.92 Å². The minimum atomic E-state index is -0.158. The largest absolute Gasteiger partial charge is 0.507 e. The van der Waals surface area contributed by atoms with E-state index < -0.39 is 0 Å². The number of benzene rings is 2. The summed E-state index contributed by atoms with van der Waals surface area (Å²) in [7, 11) is 0. The highest BCUT2D eigenvalue weighted by atomic mass is 16.5. The number of phenols is 2. The molecule has 2 N–H and O–H groups in total. The van der Waals surface area contributed by atoms with Crippen molar-refractivity contribution in [3.05, 3.63) is 57.6 Å². The number of hydrogen-bond donors (Lipinski definition) is 2. The molecule has 0 saturated heterocycles. The zero-order valence-electron chi connectivity index (χ0n) is 27.8. The molecular formula is C36H58O4. The van der Waals surface area contributed by atoms with Gasteiger partial charge in [-0.15, -0.1) is 0 Å². The summed E-state index contributed by atoms with van der Waals surface area (Å²) in [5.41, 5.74) is 6.14. The molecule has 0 spiro atoms. The van der Waals surface area contributed by atoms with E-state index in [-0.39, 0.29) is 22.2 Å². The number of rotatable bonds is 8. The van der Waals surface area contributed by atoms with Gasteiger partial charge in [-0.3, -0.25) is 4.79 Å². The number of aromatic hydroxyl groups is 2. The van der Waals surface area contributed by atoms with E-state index in [0.29, 0.717) is 36.9 Å². The first kappa shape index (κ1) is 35.5. The Labute approximate surface area is 245 Å². The number of carbonyl (C=O) groups excluding carboxylic acids is 1. The first-order chi connectivity index (χ1) is 18.2. The fraction of sp³-hybridized carbons (Fsp3) is 0.639. The lowest BCUT2D eigenvalue weighted by molar-refractivity contribution is -0.143. The van der Waals surface area contributed by atoms with Crippen LogP contribution in [0.5, 0.6) is 11.5 Å². The van der Waals surface area contributed by atoms with Crippen LogP contribution in [0.15, 0.2) is 24.3 Å². The van der Waals surface area contributed by atoms with Crippen LogP contribution in [-0.2, 0) is 45.0 Å². The fourth-order valence-corrected chi connectivity index (χ4v) is 4.65. The normalized spacial score (nSPS) is 12.2. The summed E-state index contributed by atoms with van der Waals surface area (Å²) in [6.07, 6.45) is 3.82. The lowest BCUT2D eigenvalue weighted by Gasteiger charge is -2.28. The van der Waals surface area contributed by atoms with Crippen molar-refractivity contribution < 1.29 is 19.7 Å². The molecule has 2 aromatic rings. The van der Waals surface area contributed by atoms with Gasteiger partial charge in [-0.2, -0.15) is 0 Å². The third-order valence-corrected chi connectivity index (χ3v) is 6.96. The summed E-state index contributed by atoms with van der Waals surface area (Å²) in [6, 6.07) is 8.36. The highest BCUT2D eigenvalue weighted by Crippen LogP contribution is 2.40. The van der Waals surface area contributed by atoms with Crippen molar-refractivity contribution in [3.8, 4) is 11.5 Å². The number of hydrogen-bond acceptors (Lipinski definition) is 4. The zero-order valence-corrected chi connectivity index (χ0v) is 27.8. The van der Waals surface area contributed by atoms with E-state index in [1.165, 1.54) is 5.56 Å². The van der Waals surface area contributed by atoms with Gasteiger partial charge >= 0.3 is 5.97 Å². The molecule has 0 heterocycles. The summed E-state index contributed by atoms with van der Waals surface area (Å²) in [5.74, 6) is 1.29. The van der Waals surface area contributed by atoms with Crippen molar-refractivity contribution in [2.75, 3.05) is 6.61 Å². The smallest absolute Gasteiger partial charge is 0.306 e. The van der Waals surface area contributed by atoms with E-state index in [1.54, 1.807) is 0 Å². The molecule has 4 nitrogen and oxygen atoms in total. The van der Waals surface area contributed by atoms with Gasteiger partial charge in [0.2, 0.25) is 0 Å². The molecule has 0 aliphatic rings. The van der Waals surface area contributed by atoms with Crippen LogP contribution in [0.4, 0.5) is 0 Å². The van der Waals surface area contributed by atoms with Gasteiger partial charge in [0, 0.05) is 6.42 Å². The van der Waals surface area contributed by atoms with Crippen LogP contribution in [0.25, 0.3) is 0 Å². The number of phenolic OH excluding ortho intramolecular Hbond substituents is 2. The van der Waals surface area contributed by atoms with Gasteiger partial charge in [-0.25, -0.2) is 0 Å². The first-order valence-electron chi connectivity index (χ1n) is 15.1. The molecule has 0 aromatic heterocycles. The van der Waals surface area contributed by atoms with Crippen molar-refractivity contribution in [1.82, 2.24) is 0 Å². The third-order valence-electron chi connectivity index (χ3n) is 6.96. The molecule has 2 rings (SSSR count). The second-order valence-corrected chi connectivity index (χ2v) is 14.6. The van der Waals surface area contributed by atoms with Gasteiger partial charge in [0.25, 0.3) is 0 Å². The molecule has 0 aliphatic heterocycles. The Morgan fingerprint density at radius 2 is 1.20 bits per heavy atom. The number of aryl methyl sites for hydroxylation is 2. The second-order valence-electron chi connectivity index (χ2n) is 14.6. The Morgan fingerprint density at radius 1 is 0.750 bits per heavy atom. The van der Waals surface area contributed by atoms with Gasteiger partial charge in [-0.1, -0.05) is 114 Å². The highest BCUT2D eigenvalue weighted by molar-refractivity contribution is 5.69. The van der Waals surface area contributed by atoms with E-state index >= 15 is 0 Å². The Kier molecular flexibility index (Phi) is 12.8. The van der Waals surface area contributed by atoms with E-state index in [1.807, 2.05) is 19.1 Å². The predicted octanol–water partition coefficient (Wildman–Crippen LogP) is 9.32. The second kappa shape index (κ2) is 14.4. The Morgan fingerprint density at radius 3 is 1.60 bits per heavy atom. The fourth-order valence-electron chi connectivity index (χ4n) is 4.65. The van der Waals surface area contributed by atoms with Gasteiger partial charge in [0.05, 0.1) is 6.61 Å². The maximum atomic E-state index is 11.7. The molecule has 0 saturated carbocycles. The molecule has 0 amide bonds. The average Bonchev–Trinajstić information content (AvgIpc) is 2.81. The number of esters is 1. The van der Waals surface area contributed by atoms with Crippen LogP contribution < -0.4 is 0 Å². The molecule has 0 bridgehead atoms. The minimum absolute atomic E-state index is 0.000985. The maximum Gasteiger partial charge on any atom is 0.306 e. The lowest BCUT2D eigenvalue weighted by Crippen LogP contribution is -2.18. The predicted molar refractivity (Wildman–Crippen MR) is 170 cm³/mol. The molecule has 0 radical (unpaired) electrons. The topological polar surface area (TPSA) is 66.8 Å². The number of carbonyl (C=O) groups is 1. The molecule has 0 unspecified atom stereocenters.